The molecule has 0 aliphatic heterocycles. The molecule has 1 aromatic rings. The van der Waals surface area contributed by atoms with E-state index < -0.39 is 24.9 Å². The van der Waals surface area contributed by atoms with Gasteiger partial charge < -0.3 is 4.74 Å². The molecule has 18 heavy (non-hydrogen) atoms. The summed E-state index contributed by atoms with van der Waals surface area (Å²) in [5, 5.41) is 0. The molecule has 1 unspecified atom stereocenters. The molecule has 0 heterocycles. The van der Waals surface area contributed by atoms with E-state index in [0.29, 0.717) is 16.5 Å². The highest BCUT2D eigenvalue weighted by atomic mass is 79.9. The Morgan fingerprint density at radius 2 is 2.11 bits per heavy atom. The Morgan fingerprint density at radius 3 is 2.72 bits per heavy atom. The minimum Gasteiger partial charge on any atom is -0.375 e. The Morgan fingerprint density at radius 1 is 1.39 bits per heavy atom. The summed E-state index contributed by atoms with van der Waals surface area (Å²) in [5.41, 5.74) is 2.81. The van der Waals surface area contributed by atoms with Crippen molar-refractivity contribution in [3.05, 3.63) is 34.1 Å². The summed E-state index contributed by atoms with van der Waals surface area (Å²) in [6.07, 6.45) is -2.20. The van der Waals surface area contributed by atoms with Crippen LogP contribution in [0.3, 0.4) is 0 Å². The maximum atomic E-state index is 13.6. The van der Waals surface area contributed by atoms with E-state index in [0.717, 1.165) is 0 Å². The predicted molar refractivity (Wildman–Crippen MR) is 65.6 cm³/mol. The van der Waals surface area contributed by atoms with Crippen LogP contribution in [0.1, 0.15) is 18.0 Å². The highest BCUT2D eigenvalue weighted by Crippen LogP contribution is 2.23. The van der Waals surface area contributed by atoms with Crippen LogP contribution in [0.2, 0.25) is 0 Å². The van der Waals surface area contributed by atoms with E-state index in [-0.39, 0.29) is 6.61 Å². The Kier molecular flexibility index (Phi) is 6.62. The maximum absolute atomic E-state index is 13.6. The summed E-state index contributed by atoms with van der Waals surface area (Å²) in [6.45, 7) is -0.552. The molecule has 0 fully saturated rings. The summed E-state index contributed by atoms with van der Waals surface area (Å²) < 4.78 is 42.7. The van der Waals surface area contributed by atoms with Crippen LogP contribution in [-0.2, 0) is 4.74 Å². The molecule has 102 valence electrons. The topological polar surface area (TPSA) is 47.3 Å². The molecule has 0 saturated carbocycles. The Labute approximate surface area is 112 Å². The van der Waals surface area contributed by atoms with Gasteiger partial charge in [0.25, 0.3) is 6.43 Å². The van der Waals surface area contributed by atoms with Crippen molar-refractivity contribution < 1.29 is 17.9 Å². The van der Waals surface area contributed by atoms with E-state index in [9.17, 15) is 13.2 Å². The van der Waals surface area contributed by atoms with Crippen LogP contribution in [-0.4, -0.2) is 19.6 Å². The summed E-state index contributed by atoms with van der Waals surface area (Å²) in [5.74, 6) is 4.92. The van der Waals surface area contributed by atoms with Gasteiger partial charge in [0.1, 0.15) is 12.4 Å². The molecule has 0 amide bonds. The van der Waals surface area contributed by atoms with Crippen LogP contribution in [0, 0.1) is 5.82 Å². The molecular formula is C11H14BrF3N2O. The number of hydrogen-bond acceptors (Lipinski definition) is 3. The molecule has 0 aliphatic rings. The third kappa shape index (κ3) is 4.93. The molecule has 0 bridgehead atoms. The van der Waals surface area contributed by atoms with Crippen molar-refractivity contribution in [2.45, 2.75) is 18.9 Å². The average Bonchev–Trinajstić information content (AvgIpc) is 2.33. The van der Waals surface area contributed by atoms with Gasteiger partial charge in [-0.2, -0.15) is 0 Å². The fourth-order valence-corrected chi connectivity index (χ4v) is 1.86. The van der Waals surface area contributed by atoms with Crippen molar-refractivity contribution in [2.24, 2.45) is 5.84 Å². The molecule has 3 nitrogen and oxygen atoms in total. The quantitative estimate of drug-likeness (QED) is 0.460. The zero-order chi connectivity index (χ0) is 13.5. The first-order valence-electron chi connectivity index (χ1n) is 5.31. The van der Waals surface area contributed by atoms with E-state index >= 15 is 0 Å². The lowest BCUT2D eigenvalue weighted by Crippen LogP contribution is -2.29. The number of hydrogen-bond donors (Lipinski definition) is 2. The van der Waals surface area contributed by atoms with Crippen LogP contribution in [0.25, 0.3) is 0 Å². The van der Waals surface area contributed by atoms with Crippen molar-refractivity contribution in [3.63, 3.8) is 0 Å². The van der Waals surface area contributed by atoms with Crippen molar-refractivity contribution in [1.82, 2.24) is 5.43 Å². The highest BCUT2D eigenvalue weighted by Gasteiger charge is 2.15. The molecule has 0 spiro atoms. The minimum atomic E-state index is -2.50. The smallest absolute Gasteiger partial charge is 0.261 e. The summed E-state index contributed by atoms with van der Waals surface area (Å²) >= 11 is 3.23. The number of nitrogens with two attached hydrogens (primary N) is 1. The van der Waals surface area contributed by atoms with Crippen LogP contribution in [0.5, 0.6) is 0 Å². The molecule has 0 aliphatic carbocycles. The third-order valence-corrected chi connectivity index (χ3v) is 2.82. The molecule has 3 N–H and O–H groups in total. The van der Waals surface area contributed by atoms with Gasteiger partial charge in [0, 0.05) is 16.6 Å². The van der Waals surface area contributed by atoms with Gasteiger partial charge in [-0.05, 0) is 24.6 Å². The number of benzene rings is 1. The second kappa shape index (κ2) is 7.73. The highest BCUT2D eigenvalue weighted by molar-refractivity contribution is 9.10. The van der Waals surface area contributed by atoms with Crippen LogP contribution < -0.4 is 11.3 Å². The van der Waals surface area contributed by atoms with E-state index in [1.54, 1.807) is 12.1 Å². The standard InChI is InChI=1S/C11H14BrF3N2O/c12-7-1-2-9(13)8(5-7)10(17-16)3-4-18-6-11(14)15/h1-2,5,10-11,17H,3-4,6,16H2. The largest absolute Gasteiger partial charge is 0.375 e. The van der Waals surface area contributed by atoms with Gasteiger partial charge >= 0.3 is 0 Å². The number of halogens is 4. The number of nitrogens with one attached hydrogen (secondary N) is 1. The van der Waals surface area contributed by atoms with Gasteiger partial charge in [0.05, 0.1) is 6.04 Å². The van der Waals surface area contributed by atoms with Gasteiger partial charge in [-0.25, -0.2) is 13.2 Å². The van der Waals surface area contributed by atoms with Crippen molar-refractivity contribution in [1.29, 1.82) is 0 Å². The molecular weight excluding hydrogens is 313 g/mol. The molecule has 0 radical (unpaired) electrons. The number of alkyl halides is 2. The maximum Gasteiger partial charge on any atom is 0.261 e. The van der Waals surface area contributed by atoms with Crippen molar-refractivity contribution in [2.75, 3.05) is 13.2 Å². The van der Waals surface area contributed by atoms with Crippen LogP contribution in [0.15, 0.2) is 22.7 Å². The lowest BCUT2D eigenvalue weighted by molar-refractivity contribution is 0.0143. The number of hydrazine groups is 1. The SMILES string of the molecule is NNC(CCOCC(F)F)c1cc(Br)ccc1F. The summed E-state index contributed by atoms with van der Waals surface area (Å²) in [4.78, 5) is 0. The third-order valence-electron chi connectivity index (χ3n) is 2.33. The van der Waals surface area contributed by atoms with Crippen molar-refractivity contribution in [3.8, 4) is 0 Å². The number of ether oxygens (including phenoxy) is 1. The van der Waals surface area contributed by atoms with Gasteiger partial charge in [-0.3, -0.25) is 11.3 Å². The van der Waals surface area contributed by atoms with Gasteiger partial charge in [0.15, 0.2) is 0 Å². The molecule has 7 heteroatoms. The minimum absolute atomic E-state index is 0.0746. The van der Waals surface area contributed by atoms with E-state index in [1.807, 2.05) is 0 Å². The fraction of sp³-hybridized carbons (Fsp3) is 0.455. The lowest BCUT2D eigenvalue weighted by Gasteiger charge is -2.17. The van der Waals surface area contributed by atoms with E-state index in [1.165, 1.54) is 6.07 Å². The average molecular weight is 327 g/mol. The molecule has 0 aromatic heterocycles. The van der Waals surface area contributed by atoms with E-state index in [2.05, 4.69) is 21.4 Å². The first-order valence-corrected chi connectivity index (χ1v) is 6.11. The predicted octanol–water partition coefficient (Wildman–Crippen LogP) is 2.76. The number of rotatable bonds is 7. The van der Waals surface area contributed by atoms with Crippen LogP contribution in [0.4, 0.5) is 13.2 Å². The first kappa shape index (κ1) is 15.4. The Hall–Kier alpha value is -0.630. The summed E-state index contributed by atoms with van der Waals surface area (Å²) in [6, 6.07) is 3.98. The normalized spacial score (nSPS) is 13.0. The molecule has 1 atom stereocenters. The molecule has 0 saturated heterocycles. The van der Waals surface area contributed by atoms with E-state index in [4.69, 9.17) is 10.6 Å². The second-order valence-electron chi connectivity index (χ2n) is 3.64. The second-order valence-corrected chi connectivity index (χ2v) is 4.56. The molecule has 1 rings (SSSR count). The van der Waals surface area contributed by atoms with Gasteiger partial charge in [0.2, 0.25) is 0 Å². The zero-order valence-corrected chi connectivity index (χ0v) is 11.1. The Bertz CT molecular complexity index is 379. The zero-order valence-electron chi connectivity index (χ0n) is 9.51. The van der Waals surface area contributed by atoms with Gasteiger partial charge in [-0.1, -0.05) is 15.9 Å². The van der Waals surface area contributed by atoms with Crippen LogP contribution >= 0.6 is 15.9 Å². The van der Waals surface area contributed by atoms with Crippen molar-refractivity contribution >= 4 is 15.9 Å². The fourth-order valence-electron chi connectivity index (χ4n) is 1.48. The lowest BCUT2D eigenvalue weighted by atomic mass is 10.0. The monoisotopic (exact) mass is 326 g/mol. The Balaban J connectivity index is 2.57. The first-order chi connectivity index (χ1) is 8.54. The van der Waals surface area contributed by atoms with Gasteiger partial charge in [-0.15, -0.1) is 0 Å². The molecule has 1 aromatic carbocycles. The summed E-state index contributed by atoms with van der Waals surface area (Å²) in [7, 11) is 0.